The molecular formula is C16H26N4O. The number of rotatable bonds is 6. The number of hydrogen-bond acceptors (Lipinski definition) is 4. The Bertz CT molecular complexity index is 492. The first-order valence-electron chi connectivity index (χ1n) is 7.40. The van der Waals surface area contributed by atoms with E-state index in [2.05, 4.69) is 36.1 Å². The van der Waals surface area contributed by atoms with Crippen LogP contribution >= 0.6 is 0 Å². The Morgan fingerprint density at radius 1 is 1.24 bits per heavy atom. The summed E-state index contributed by atoms with van der Waals surface area (Å²) >= 11 is 0. The molecule has 1 aliphatic carbocycles. The first kappa shape index (κ1) is 15.8. The van der Waals surface area contributed by atoms with Crippen molar-refractivity contribution in [3.63, 3.8) is 0 Å². The second kappa shape index (κ2) is 6.45. The summed E-state index contributed by atoms with van der Waals surface area (Å²) in [5, 5.41) is 11.7. The van der Waals surface area contributed by atoms with Gasteiger partial charge in [-0.3, -0.25) is 0 Å². The molecule has 1 aromatic carbocycles. The second-order valence-corrected chi connectivity index (χ2v) is 6.33. The third-order valence-corrected chi connectivity index (χ3v) is 4.61. The average Bonchev–Trinajstić information content (AvgIpc) is 2.42. The highest BCUT2D eigenvalue weighted by Crippen LogP contribution is 2.36. The molecule has 3 N–H and O–H groups in total. The van der Waals surface area contributed by atoms with E-state index in [-0.39, 0.29) is 5.84 Å². The molecule has 0 aromatic heterocycles. The summed E-state index contributed by atoms with van der Waals surface area (Å²) in [7, 11) is 6.53. The van der Waals surface area contributed by atoms with Crippen LogP contribution in [0.1, 0.15) is 30.4 Å². The van der Waals surface area contributed by atoms with Gasteiger partial charge in [0.05, 0.1) is 0 Å². The maximum atomic E-state index is 8.67. The molecule has 0 radical (unpaired) electrons. The van der Waals surface area contributed by atoms with E-state index in [4.69, 9.17) is 10.9 Å². The molecule has 0 bridgehead atoms. The molecule has 21 heavy (non-hydrogen) atoms. The lowest BCUT2D eigenvalue weighted by molar-refractivity contribution is 0.0259. The fraction of sp³-hybridized carbons (Fsp3) is 0.562. The summed E-state index contributed by atoms with van der Waals surface area (Å²) in [5.74, 6) is 0.149. The van der Waals surface area contributed by atoms with Gasteiger partial charge in [-0.2, -0.15) is 0 Å². The Kier molecular flexibility index (Phi) is 4.85. The third kappa shape index (κ3) is 3.54. The van der Waals surface area contributed by atoms with E-state index >= 15 is 0 Å². The summed E-state index contributed by atoms with van der Waals surface area (Å²) < 4.78 is 0. The number of oxime groups is 1. The summed E-state index contributed by atoms with van der Waals surface area (Å²) in [4.78, 5) is 4.74. The zero-order chi connectivity index (χ0) is 15.5. The topological polar surface area (TPSA) is 65.1 Å². The van der Waals surface area contributed by atoms with E-state index in [1.807, 2.05) is 24.3 Å². The van der Waals surface area contributed by atoms with Gasteiger partial charge in [0.25, 0.3) is 0 Å². The Morgan fingerprint density at radius 3 is 2.29 bits per heavy atom. The van der Waals surface area contributed by atoms with E-state index in [1.54, 1.807) is 0 Å². The highest BCUT2D eigenvalue weighted by molar-refractivity contribution is 5.96. The van der Waals surface area contributed by atoms with Crippen molar-refractivity contribution < 1.29 is 5.21 Å². The number of likely N-dealkylation sites (N-methyl/N-ethyl adjacent to an activating group) is 2. The molecule has 0 amide bonds. The van der Waals surface area contributed by atoms with Crippen LogP contribution in [0.15, 0.2) is 29.4 Å². The van der Waals surface area contributed by atoms with Gasteiger partial charge in [-0.05, 0) is 46.0 Å². The summed E-state index contributed by atoms with van der Waals surface area (Å²) in [6, 6.07) is 7.85. The first-order chi connectivity index (χ1) is 9.97. The third-order valence-electron chi connectivity index (χ3n) is 4.61. The average molecular weight is 290 g/mol. The van der Waals surface area contributed by atoms with Crippen molar-refractivity contribution in [3.05, 3.63) is 35.4 Å². The van der Waals surface area contributed by atoms with Gasteiger partial charge in [0, 0.05) is 24.2 Å². The van der Waals surface area contributed by atoms with Crippen molar-refractivity contribution in [1.82, 2.24) is 9.80 Å². The van der Waals surface area contributed by atoms with Gasteiger partial charge in [0.15, 0.2) is 5.84 Å². The standard InChI is InChI=1S/C16H26N4O/c1-19(2)16(9-4-10-16)12-20(3)11-13-5-7-14(8-6-13)15(17)18-21/h5-8,21H,4,9-12H2,1-3H3,(H2,17,18). The zero-order valence-corrected chi connectivity index (χ0v) is 13.2. The van der Waals surface area contributed by atoms with Gasteiger partial charge in [0.2, 0.25) is 0 Å². The fourth-order valence-corrected chi connectivity index (χ4v) is 3.04. The van der Waals surface area contributed by atoms with Crippen LogP contribution in [0.2, 0.25) is 0 Å². The lowest BCUT2D eigenvalue weighted by Gasteiger charge is -2.49. The van der Waals surface area contributed by atoms with E-state index in [1.165, 1.54) is 24.8 Å². The minimum atomic E-state index is 0.149. The Morgan fingerprint density at radius 2 is 1.86 bits per heavy atom. The van der Waals surface area contributed by atoms with Gasteiger partial charge in [-0.15, -0.1) is 0 Å². The SMILES string of the molecule is CN(Cc1ccc(/C(N)=N/O)cc1)CC1(N(C)C)CCC1. The molecule has 1 saturated carbocycles. The first-order valence-corrected chi connectivity index (χ1v) is 7.40. The molecule has 0 heterocycles. The molecular weight excluding hydrogens is 264 g/mol. The van der Waals surface area contributed by atoms with Crippen LogP contribution in [0.25, 0.3) is 0 Å². The normalized spacial score (nSPS) is 18.0. The number of benzene rings is 1. The molecule has 116 valence electrons. The molecule has 1 fully saturated rings. The molecule has 0 unspecified atom stereocenters. The van der Waals surface area contributed by atoms with Gasteiger partial charge >= 0.3 is 0 Å². The Hall–Kier alpha value is -1.59. The smallest absolute Gasteiger partial charge is 0.170 e. The molecule has 0 saturated heterocycles. The molecule has 0 atom stereocenters. The van der Waals surface area contributed by atoms with Gasteiger partial charge in [-0.1, -0.05) is 29.4 Å². The monoisotopic (exact) mass is 290 g/mol. The predicted octanol–water partition coefficient (Wildman–Crippen LogP) is 1.70. The Balaban J connectivity index is 1.95. The number of amidine groups is 1. The predicted molar refractivity (Wildman–Crippen MR) is 85.6 cm³/mol. The summed E-state index contributed by atoms with van der Waals surface area (Å²) in [5.41, 5.74) is 7.90. The van der Waals surface area contributed by atoms with Crippen LogP contribution in [-0.2, 0) is 6.54 Å². The van der Waals surface area contributed by atoms with E-state index in [0.29, 0.717) is 5.54 Å². The highest BCUT2D eigenvalue weighted by atomic mass is 16.4. The molecule has 1 aliphatic rings. The van der Waals surface area contributed by atoms with Crippen molar-refractivity contribution in [2.75, 3.05) is 27.7 Å². The quantitative estimate of drug-likeness (QED) is 0.362. The van der Waals surface area contributed by atoms with E-state index in [0.717, 1.165) is 18.7 Å². The van der Waals surface area contributed by atoms with Crippen molar-refractivity contribution in [3.8, 4) is 0 Å². The molecule has 1 aromatic rings. The minimum absolute atomic E-state index is 0.149. The van der Waals surface area contributed by atoms with Gasteiger partial charge < -0.3 is 20.7 Å². The maximum absolute atomic E-state index is 8.67. The van der Waals surface area contributed by atoms with E-state index in [9.17, 15) is 0 Å². The zero-order valence-electron chi connectivity index (χ0n) is 13.2. The van der Waals surface area contributed by atoms with Crippen molar-refractivity contribution in [2.24, 2.45) is 10.9 Å². The minimum Gasteiger partial charge on any atom is -0.409 e. The fourth-order valence-electron chi connectivity index (χ4n) is 3.04. The molecule has 0 aliphatic heterocycles. The van der Waals surface area contributed by atoms with E-state index < -0.39 is 0 Å². The van der Waals surface area contributed by atoms with Crippen molar-refractivity contribution in [1.29, 1.82) is 0 Å². The van der Waals surface area contributed by atoms with Crippen LogP contribution in [0, 0.1) is 0 Å². The lowest BCUT2D eigenvalue weighted by atomic mass is 9.75. The lowest BCUT2D eigenvalue weighted by Crippen LogP contribution is -2.56. The van der Waals surface area contributed by atoms with Crippen LogP contribution < -0.4 is 5.73 Å². The molecule has 0 spiro atoms. The number of nitrogens with two attached hydrogens (primary N) is 1. The van der Waals surface area contributed by atoms with Gasteiger partial charge in [-0.25, -0.2) is 0 Å². The summed E-state index contributed by atoms with van der Waals surface area (Å²) in [6.07, 6.45) is 3.90. The molecule has 5 nitrogen and oxygen atoms in total. The number of nitrogens with zero attached hydrogens (tertiary/aromatic N) is 3. The van der Waals surface area contributed by atoms with Crippen LogP contribution in [-0.4, -0.2) is 54.1 Å². The van der Waals surface area contributed by atoms with Crippen molar-refractivity contribution >= 4 is 5.84 Å². The van der Waals surface area contributed by atoms with Crippen LogP contribution in [0.4, 0.5) is 0 Å². The van der Waals surface area contributed by atoms with Crippen LogP contribution in [0.5, 0.6) is 0 Å². The Labute approximate surface area is 127 Å². The largest absolute Gasteiger partial charge is 0.409 e. The molecule has 2 rings (SSSR count). The second-order valence-electron chi connectivity index (χ2n) is 6.33. The number of hydrogen-bond donors (Lipinski definition) is 2. The van der Waals surface area contributed by atoms with Crippen molar-refractivity contribution in [2.45, 2.75) is 31.3 Å². The highest BCUT2D eigenvalue weighted by Gasteiger charge is 2.39. The summed E-state index contributed by atoms with van der Waals surface area (Å²) in [6.45, 7) is 1.99. The van der Waals surface area contributed by atoms with Gasteiger partial charge in [0.1, 0.15) is 0 Å². The maximum Gasteiger partial charge on any atom is 0.170 e. The molecule has 5 heteroatoms. The van der Waals surface area contributed by atoms with Crippen LogP contribution in [0.3, 0.4) is 0 Å².